The number of benzene rings is 1. The van der Waals surface area contributed by atoms with Gasteiger partial charge in [-0.2, -0.15) is 0 Å². The third-order valence-corrected chi connectivity index (χ3v) is 3.56. The first-order valence-corrected chi connectivity index (χ1v) is 6.99. The third-order valence-electron chi connectivity index (χ3n) is 3.56. The number of nitrogens with one attached hydrogen (secondary N) is 1. The van der Waals surface area contributed by atoms with Crippen LogP contribution in [0.4, 0.5) is 4.39 Å². The molecule has 1 aromatic carbocycles. The van der Waals surface area contributed by atoms with E-state index in [0.717, 1.165) is 38.9 Å². The van der Waals surface area contributed by atoms with E-state index in [1.165, 1.54) is 12.1 Å². The Labute approximate surface area is 113 Å². The quantitative estimate of drug-likeness (QED) is 0.906. The normalized spacial score (nSPS) is 16.6. The molecule has 1 heterocycles. The summed E-state index contributed by atoms with van der Waals surface area (Å²) in [5.74, 6) is -0.298. The van der Waals surface area contributed by atoms with Crippen molar-refractivity contribution in [3.63, 3.8) is 0 Å². The van der Waals surface area contributed by atoms with Gasteiger partial charge in [-0.15, -0.1) is 0 Å². The van der Waals surface area contributed by atoms with Crippen LogP contribution in [-0.4, -0.2) is 36.5 Å². The maximum atomic E-state index is 12.8. The zero-order valence-corrected chi connectivity index (χ0v) is 11.4. The van der Waals surface area contributed by atoms with Gasteiger partial charge in [0.05, 0.1) is 0 Å². The van der Waals surface area contributed by atoms with Crippen LogP contribution in [0, 0.1) is 5.82 Å². The molecule has 1 amide bonds. The van der Waals surface area contributed by atoms with Gasteiger partial charge in [0.15, 0.2) is 0 Å². The van der Waals surface area contributed by atoms with Gasteiger partial charge < -0.3 is 10.2 Å². The Morgan fingerprint density at radius 1 is 1.32 bits per heavy atom. The highest BCUT2D eigenvalue weighted by atomic mass is 19.1. The van der Waals surface area contributed by atoms with E-state index < -0.39 is 0 Å². The van der Waals surface area contributed by atoms with Gasteiger partial charge in [0, 0.05) is 24.7 Å². The van der Waals surface area contributed by atoms with E-state index >= 15 is 0 Å². The first kappa shape index (κ1) is 14.0. The molecule has 0 saturated carbocycles. The van der Waals surface area contributed by atoms with Gasteiger partial charge in [0.2, 0.25) is 0 Å². The number of hydrogen-bond acceptors (Lipinski definition) is 2. The Morgan fingerprint density at radius 2 is 1.95 bits per heavy atom. The first-order valence-electron chi connectivity index (χ1n) is 6.99. The van der Waals surface area contributed by atoms with Crippen LogP contribution in [0.3, 0.4) is 0 Å². The Morgan fingerprint density at radius 3 is 2.53 bits per heavy atom. The number of piperidine rings is 1. The molecule has 1 aliphatic heterocycles. The van der Waals surface area contributed by atoms with Gasteiger partial charge in [0.1, 0.15) is 5.82 Å². The molecule has 1 aromatic rings. The minimum atomic E-state index is -0.306. The Bertz CT molecular complexity index is 411. The molecule has 0 bridgehead atoms. The first-order chi connectivity index (χ1) is 9.20. The number of carbonyl (C=O) groups is 1. The van der Waals surface area contributed by atoms with Crippen LogP contribution < -0.4 is 5.32 Å². The smallest absolute Gasteiger partial charge is 0.253 e. The summed E-state index contributed by atoms with van der Waals surface area (Å²) in [6.45, 7) is 4.74. The van der Waals surface area contributed by atoms with Crippen molar-refractivity contribution in [1.82, 2.24) is 10.2 Å². The SMILES string of the molecule is CCCNC1CCN(C(=O)c2ccc(F)cc2)CC1. The van der Waals surface area contributed by atoms with E-state index in [4.69, 9.17) is 0 Å². The average molecular weight is 264 g/mol. The molecule has 104 valence electrons. The number of amides is 1. The van der Waals surface area contributed by atoms with E-state index in [-0.39, 0.29) is 11.7 Å². The van der Waals surface area contributed by atoms with Crippen molar-refractivity contribution in [1.29, 1.82) is 0 Å². The molecule has 0 atom stereocenters. The number of hydrogen-bond donors (Lipinski definition) is 1. The molecule has 0 radical (unpaired) electrons. The predicted octanol–water partition coefficient (Wildman–Crippen LogP) is 2.43. The minimum Gasteiger partial charge on any atom is -0.339 e. The number of likely N-dealkylation sites (tertiary alicyclic amines) is 1. The topological polar surface area (TPSA) is 32.3 Å². The second-order valence-electron chi connectivity index (χ2n) is 5.03. The van der Waals surface area contributed by atoms with E-state index in [1.54, 1.807) is 12.1 Å². The van der Waals surface area contributed by atoms with Crippen molar-refractivity contribution < 1.29 is 9.18 Å². The second-order valence-corrected chi connectivity index (χ2v) is 5.03. The fourth-order valence-electron chi connectivity index (χ4n) is 2.41. The summed E-state index contributed by atoms with van der Waals surface area (Å²) in [6, 6.07) is 6.31. The summed E-state index contributed by atoms with van der Waals surface area (Å²) < 4.78 is 12.8. The van der Waals surface area contributed by atoms with Crippen LogP contribution in [0.25, 0.3) is 0 Å². The van der Waals surface area contributed by atoms with Crippen molar-refractivity contribution in [2.24, 2.45) is 0 Å². The lowest BCUT2D eigenvalue weighted by atomic mass is 10.0. The highest BCUT2D eigenvalue weighted by molar-refractivity contribution is 5.94. The van der Waals surface area contributed by atoms with E-state index in [1.807, 2.05) is 4.90 Å². The van der Waals surface area contributed by atoms with Gasteiger partial charge in [0.25, 0.3) is 5.91 Å². The van der Waals surface area contributed by atoms with Gasteiger partial charge in [-0.3, -0.25) is 4.79 Å². The highest BCUT2D eigenvalue weighted by Gasteiger charge is 2.22. The summed E-state index contributed by atoms with van der Waals surface area (Å²) in [5.41, 5.74) is 0.571. The van der Waals surface area contributed by atoms with Gasteiger partial charge >= 0.3 is 0 Å². The van der Waals surface area contributed by atoms with Crippen molar-refractivity contribution >= 4 is 5.91 Å². The molecule has 0 spiro atoms. The van der Waals surface area contributed by atoms with Crippen molar-refractivity contribution in [3.8, 4) is 0 Å². The lowest BCUT2D eigenvalue weighted by molar-refractivity contribution is 0.0705. The Kier molecular flexibility index (Phi) is 4.91. The zero-order chi connectivity index (χ0) is 13.7. The molecule has 0 unspecified atom stereocenters. The van der Waals surface area contributed by atoms with E-state index in [2.05, 4.69) is 12.2 Å². The van der Waals surface area contributed by atoms with Crippen LogP contribution in [0.1, 0.15) is 36.5 Å². The van der Waals surface area contributed by atoms with Crippen LogP contribution >= 0.6 is 0 Å². The third kappa shape index (κ3) is 3.77. The van der Waals surface area contributed by atoms with Crippen LogP contribution in [0.2, 0.25) is 0 Å². The number of rotatable bonds is 4. The van der Waals surface area contributed by atoms with Gasteiger partial charge in [-0.1, -0.05) is 6.92 Å². The molecule has 1 aliphatic rings. The number of carbonyl (C=O) groups excluding carboxylic acids is 1. The number of nitrogens with zero attached hydrogens (tertiary/aromatic N) is 1. The molecule has 1 fully saturated rings. The molecule has 1 saturated heterocycles. The summed E-state index contributed by atoms with van der Waals surface area (Å²) in [4.78, 5) is 14.1. The largest absolute Gasteiger partial charge is 0.339 e. The highest BCUT2D eigenvalue weighted by Crippen LogP contribution is 2.14. The maximum Gasteiger partial charge on any atom is 0.253 e. The second kappa shape index (κ2) is 6.66. The molecular formula is C15H21FN2O. The lowest BCUT2D eigenvalue weighted by Crippen LogP contribution is -2.45. The van der Waals surface area contributed by atoms with Crippen molar-refractivity contribution in [2.45, 2.75) is 32.2 Å². The van der Waals surface area contributed by atoms with Crippen molar-refractivity contribution in [3.05, 3.63) is 35.6 Å². The van der Waals surface area contributed by atoms with Gasteiger partial charge in [-0.25, -0.2) is 4.39 Å². The summed E-state index contributed by atoms with van der Waals surface area (Å²) >= 11 is 0. The molecule has 0 aliphatic carbocycles. The van der Waals surface area contributed by atoms with Crippen molar-refractivity contribution in [2.75, 3.05) is 19.6 Å². The average Bonchev–Trinajstić information content (AvgIpc) is 2.46. The summed E-state index contributed by atoms with van der Waals surface area (Å²) in [7, 11) is 0. The lowest BCUT2D eigenvalue weighted by Gasteiger charge is -2.32. The summed E-state index contributed by atoms with van der Waals surface area (Å²) in [6.07, 6.45) is 3.12. The molecule has 0 aromatic heterocycles. The monoisotopic (exact) mass is 264 g/mol. The van der Waals surface area contributed by atoms with Crippen LogP contribution in [0.15, 0.2) is 24.3 Å². The van der Waals surface area contributed by atoms with E-state index in [9.17, 15) is 9.18 Å². The molecule has 3 nitrogen and oxygen atoms in total. The Hall–Kier alpha value is -1.42. The summed E-state index contributed by atoms with van der Waals surface area (Å²) in [5, 5.41) is 3.49. The van der Waals surface area contributed by atoms with Gasteiger partial charge in [-0.05, 0) is 50.1 Å². The molecule has 2 rings (SSSR count). The maximum absolute atomic E-state index is 12.8. The number of halogens is 1. The molecule has 1 N–H and O–H groups in total. The fraction of sp³-hybridized carbons (Fsp3) is 0.533. The Balaban J connectivity index is 1.87. The standard InChI is InChI=1S/C15H21FN2O/c1-2-9-17-14-7-10-18(11-8-14)15(19)12-3-5-13(16)6-4-12/h3-6,14,17H,2,7-11H2,1H3. The molecular weight excluding hydrogens is 243 g/mol. The van der Waals surface area contributed by atoms with Crippen LogP contribution in [-0.2, 0) is 0 Å². The predicted molar refractivity (Wildman–Crippen MR) is 73.6 cm³/mol. The fourth-order valence-corrected chi connectivity index (χ4v) is 2.41. The minimum absolute atomic E-state index is 0.00828. The zero-order valence-electron chi connectivity index (χ0n) is 11.4. The van der Waals surface area contributed by atoms with Crippen LogP contribution in [0.5, 0.6) is 0 Å². The van der Waals surface area contributed by atoms with E-state index in [0.29, 0.717) is 11.6 Å². The molecule has 19 heavy (non-hydrogen) atoms. The molecule has 4 heteroatoms.